The summed E-state index contributed by atoms with van der Waals surface area (Å²) < 4.78 is 12.9. The molecule has 0 aliphatic carbocycles. The largest absolute Gasteiger partial charge is 0.485 e. The molecule has 2 heterocycles. The Morgan fingerprint density at radius 2 is 2.15 bits per heavy atom. The number of aromatic nitrogens is 3. The van der Waals surface area contributed by atoms with E-state index >= 15 is 0 Å². The standard InChI is InChI=1S/C19H22N4O3S/c1-13-6-7-16(14(2)9-13)26-11-17-21-22-19(23(17)3)27-12-18(24)20-10-15-5-4-8-25-15/h4-9H,10-12H2,1-3H3,(H,20,24). The number of aryl methyl sites for hydroxylation is 2. The lowest BCUT2D eigenvalue weighted by atomic mass is 10.1. The van der Waals surface area contributed by atoms with Gasteiger partial charge in [0.05, 0.1) is 18.6 Å². The van der Waals surface area contributed by atoms with Gasteiger partial charge in [0, 0.05) is 7.05 Å². The lowest BCUT2D eigenvalue weighted by Crippen LogP contribution is -2.24. The van der Waals surface area contributed by atoms with Crippen molar-refractivity contribution in [3.8, 4) is 5.75 Å². The first kappa shape index (κ1) is 19.0. The molecule has 0 bridgehead atoms. The molecule has 1 aromatic carbocycles. The summed E-state index contributed by atoms with van der Waals surface area (Å²) in [5.74, 6) is 2.42. The Balaban J connectivity index is 1.50. The number of ether oxygens (including phenoxy) is 1. The van der Waals surface area contributed by atoms with Crippen molar-refractivity contribution in [2.45, 2.75) is 32.2 Å². The number of thioether (sulfide) groups is 1. The Kier molecular flexibility index (Phi) is 6.18. The number of carbonyl (C=O) groups excluding carboxylic acids is 1. The van der Waals surface area contributed by atoms with E-state index in [9.17, 15) is 4.79 Å². The molecule has 0 saturated carbocycles. The van der Waals surface area contributed by atoms with Gasteiger partial charge in [0.2, 0.25) is 5.91 Å². The Bertz CT molecular complexity index is 906. The summed E-state index contributed by atoms with van der Waals surface area (Å²) in [6.45, 7) is 4.76. The molecule has 0 spiro atoms. The van der Waals surface area contributed by atoms with Gasteiger partial charge in [0.15, 0.2) is 11.0 Å². The minimum absolute atomic E-state index is 0.0903. The maximum atomic E-state index is 11.9. The molecule has 2 aromatic heterocycles. The molecular weight excluding hydrogens is 364 g/mol. The van der Waals surface area contributed by atoms with Crippen LogP contribution in [0.3, 0.4) is 0 Å². The van der Waals surface area contributed by atoms with Crippen LogP contribution >= 0.6 is 11.8 Å². The zero-order chi connectivity index (χ0) is 19.2. The van der Waals surface area contributed by atoms with Crippen molar-refractivity contribution >= 4 is 17.7 Å². The molecule has 3 aromatic rings. The first-order valence-electron chi connectivity index (χ1n) is 8.53. The summed E-state index contributed by atoms with van der Waals surface area (Å²) in [5.41, 5.74) is 2.28. The minimum Gasteiger partial charge on any atom is -0.485 e. The van der Waals surface area contributed by atoms with Gasteiger partial charge in [0.25, 0.3) is 0 Å². The van der Waals surface area contributed by atoms with Gasteiger partial charge in [-0.1, -0.05) is 29.5 Å². The lowest BCUT2D eigenvalue weighted by Gasteiger charge is -2.09. The maximum absolute atomic E-state index is 11.9. The maximum Gasteiger partial charge on any atom is 0.230 e. The third-order valence-corrected chi connectivity index (χ3v) is 5.00. The summed E-state index contributed by atoms with van der Waals surface area (Å²) >= 11 is 1.33. The van der Waals surface area contributed by atoms with Crippen LogP contribution in [0.15, 0.2) is 46.2 Å². The number of hydrogen-bond donors (Lipinski definition) is 1. The highest BCUT2D eigenvalue weighted by Gasteiger charge is 2.12. The number of rotatable bonds is 8. The number of nitrogens with one attached hydrogen (secondary N) is 1. The van der Waals surface area contributed by atoms with Crippen LogP contribution in [-0.2, 0) is 25.0 Å². The summed E-state index contributed by atoms with van der Waals surface area (Å²) in [5, 5.41) is 11.8. The molecule has 27 heavy (non-hydrogen) atoms. The van der Waals surface area contributed by atoms with E-state index in [2.05, 4.69) is 21.6 Å². The Morgan fingerprint density at radius 3 is 2.89 bits per heavy atom. The fourth-order valence-corrected chi connectivity index (χ4v) is 3.24. The van der Waals surface area contributed by atoms with E-state index in [1.54, 1.807) is 12.3 Å². The zero-order valence-corrected chi connectivity index (χ0v) is 16.4. The topological polar surface area (TPSA) is 82.2 Å². The van der Waals surface area contributed by atoms with Crippen LogP contribution in [0.5, 0.6) is 5.75 Å². The first-order valence-corrected chi connectivity index (χ1v) is 9.51. The van der Waals surface area contributed by atoms with Gasteiger partial charge in [-0.3, -0.25) is 4.79 Å². The predicted octanol–water partition coefficient (Wildman–Crippen LogP) is 3.01. The molecule has 7 nitrogen and oxygen atoms in total. The molecule has 0 atom stereocenters. The van der Waals surface area contributed by atoms with Crippen LogP contribution in [-0.4, -0.2) is 26.4 Å². The van der Waals surface area contributed by atoms with Crippen LogP contribution in [0.25, 0.3) is 0 Å². The lowest BCUT2D eigenvalue weighted by molar-refractivity contribution is -0.118. The molecule has 142 valence electrons. The summed E-state index contributed by atoms with van der Waals surface area (Å²) in [4.78, 5) is 11.9. The number of amides is 1. The van der Waals surface area contributed by atoms with Crippen LogP contribution < -0.4 is 10.1 Å². The molecular formula is C19H22N4O3S. The first-order chi connectivity index (χ1) is 13.0. The third-order valence-electron chi connectivity index (χ3n) is 3.98. The number of furan rings is 1. The van der Waals surface area contributed by atoms with E-state index in [-0.39, 0.29) is 11.7 Å². The molecule has 0 aliphatic rings. The van der Waals surface area contributed by atoms with Gasteiger partial charge >= 0.3 is 0 Å². The molecule has 0 saturated heterocycles. The number of carbonyl (C=O) groups is 1. The Hall–Kier alpha value is -2.74. The SMILES string of the molecule is Cc1ccc(OCc2nnc(SCC(=O)NCc3ccco3)n2C)c(C)c1. The van der Waals surface area contributed by atoms with Crippen molar-refractivity contribution in [2.75, 3.05) is 5.75 Å². The van der Waals surface area contributed by atoms with Crippen LogP contribution in [0.2, 0.25) is 0 Å². The third kappa shape index (κ3) is 5.13. The summed E-state index contributed by atoms with van der Waals surface area (Å²) in [7, 11) is 1.86. The number of nitrogens with zero attached hydrogens (tertiary/aromatic N) is 3. The van der Waals surface area contributed by atoms with Gasteiger partial charge in [-0.2, -0.15) is 0 Å². The number of hydrogen-bond acceptors (Lipinski definition) is 6. The summed E-state index contributed by atoms with van der Waals surface area (Å²) in [6.07, 6.45) is 1.58. The van der Waals surface area contributed by atoms with E-state index in [1.165, 1.54) is 17.3 Å². The predicted molar refractivity (Wildman–Crippen MR) is 103 cm³/mol. The van der Waals surface area contributed by atoms with E-state index in [1.807, 2.05) is 43.7 Å². The average molecular weight is 386 g/mol. The van der Waals surface area contributed by atoms with E-state index in [0.29, 0.717) is 24.1 Å². The molecule has 0 aliphatic heterocycles. The summed E-state index contributed by atoms with van der Waals surface area (Å²) in [6, 6.07) is 9.66. The van der Waals surface area contributed by atoms with Crippen molar-refractivity contribution in [3.05, 3.63) is 59.3 Å². The van der Waals surface area contributed by atoms with Crippen molar-refractivity contribution in [1.29, 1.82) is 0 Å². The zero-order valence-electron chi connectivity index (χ0n) is 15.6. The van der Waals surface area contributed by atoms with Crippen molar-refractivity contribution in [3.63, 3.8) is 0 Å². The Morgan fingerprint density at radius 1 is 1.30 bits per heavy atom. The van der Waals surface area contributed by atoms with E-state index in [0.717, 1.165) is 17.1 Å². The van der Waals surface area contributed by atoms with Crippen molar-refractivity contribution in [1.82, 2.24) is 20.1 Å². The second-order valence-corrected chi connectivity index (χ2v) is 7.10. The van der Waals surface area contributed by atoms with Crippen LogP contribution in [0, 0.1) is 13.8 Å². The van der Waals surface area contributed by atoms with Gasteiger partial charge in [-0.15, -0.1) is 10.2 Å². The molecule has 1 amide bonds. The average Bonchev–Trinajstić information content (AvgIpc) is 3.28. The monoisotopic (exact) mass is 386 g/mol. The normalized spacial score (nSPS) is 10.8. The molecule has 0 unspecified atom stereocenters. The molecule has 0 fully saturated rings. The van der Waals surface area contributed by atoms with E-state index < -0.39 is 0 Å². The van der Waals surface area contributed by atoms with Gasteiger partial charge in [-0.05, 0) is 37.6 Å². The highest BCUT2D eigenvalue weighted by Crippen LogP contribution is 2.21. The highest BCUT2D eigenvalue weighted by molar-refractivity contribution is 7.99. The van der Waals surface area contributed by atoms with Gasteiger partial charge in [-0.25, -0.2) is 0 Å². The van der Waals surface area contributed by atoms with Gasteiger partial charge < -0.3 is 19.0 Å². The second kappa shape index (κ2) is 8.77. The fraction of sp³-hybridized carbons (Fsp3) is 0.316. The highest BCUT2D eigenvalue weighted by atomic mass is 32.2. The molecule has 1 N–H and O–H groups in total. The minimum atomic E-state index is -0.0903. The molecule has 0 radical (unpaired) electrons. The van der Waals surface area contributed by atoms with Crippen LogP contribution in [0.1, 0.15) is 22.7 Å². The van der Waals surface area contributed by atoms with Crippen molar-refractivity contribution in [2.24, 2.45) is 7.05 Å². The van der Waals surface area contributed by atoms with Crippen molar-refractivity contribution < 1.29 is 13.9 Å². The van der Waals surface area contributed by atoms with Gasteiger partial charge in [0.1, 0.15) is 18.1 Å². The van der Waals surface area contributed by atoms with Crippen LogP contribution in [0.4, 0.5) is 0 Å². The molecule has 8 heteroatoms. The smallest absolute Gasteiger partial charge is 0.230 e. The fourth-order valence-electron chi connectivity index (χ4n) is 2.48. The molecule has 3 rings (SSSR count). The Labute approximate surface area is 162 Å². The van der Waals surface area contributed by atoms with E-state index in [4.69, 9.17) is 9.15 Å². The quantitative estimate of drug-likeness (QED) is 0.599. The number of benzene rings is 1. The second-order valence-electron chi connectivity index (χ2n) is 6.16.